The molecule has 2 N–H and O–H groups in total. The van der Waals surface area contributed by atoms with E-state index in [4.69, 9.17) is 4.74 Å². The molecule has 1 unspecified atom stereocenters. The molecule has 1 aromatic heterocycles. The molecular weight excluding hydrogens is 216 g/mol. The zero-order valence-electron chi connectivity index (χ0n) is 10.5. The van der Waals surface area contributed by atoms with E-state index in [1.165, 1.54) is 0 Å². The smallest absolute Gasteiger partial charge is 0.132 e. The number of rotatable bonds is 5. The molecule has 5 heteroatoms. The molecular formula is C12H20N4O. The number of aryl methyl sites for hydroxylation is 1. The van der Waals surface area contributed by atoms with Gasteiger partial charge in [-0.05, 0) is 6.42 Å². The Kier molecular flexibility index (Phi) is 4.14. The summed E-state index contributed by atoms with van der Waals surface area (Å²) in [6.45, 7) is 4.72. The van der Waals surface area contributed by atoms with Crippen LogP contribution >= 0.6 is 0 Å². The van der Waals surface area contributed by atoms with E-state index in [1.807, 2.05) is 13.1 Å². The highest BCUT2D eigenvalue weighted by atomic mass is 16.5. The van der Waals surface area contributed by atoms with Crippen molar-refractivity contribution in [3.8, 4) is 0 Å². The molecule has 0 radical (unpaired) electrons. The SMILES string of the molecule is CCc1nc(NC)cc(NCC2CCOC2)n1. The summed E-state index contributed by atoms with van der Waals surface area (Å²) in [5.74, 6) is 3.23. The zero-order chi connectivity index (χ0) is 12.1. The Morgan fingerprint density at radius 3 is 2.88 bits per heavy atom. The molecule has 2 rings (SSSR count). The van der Waals surface area contributed by atoms with Gasteiger partial charge in [-0.2, -0.15) is 0 Å². The maximum atomic E-state index is 5.35. The third kappa shape index (κ3) is 3.30. The average Bonchev–Trinajstić information content (AvgIpc) is 2.89. The van der Waals surface area contributed by atoms with Crippen LogP contribution in [0.1, 0.15) is 19.2 Å². The lowest BCUT2D eigenvalue weighted by Gasteiger charge is -2.11. The maximum absolute atomic E-state index is 5.35. The number of nitrogens with one attached hydrogen (secondary N) is 2. The zero-order valence-corrected chi connectivity index (χ0v) is 10.5. The quantitative estimate of drug-likeness (QED) is 0.812. The van der Waals surface area contributed by atoms with Crippen molar-refractivity contribution in [2.45, 2.75) is 19.8 Å². The van der Waals surface area contributed by atoms with Crippen molar-refractivity contribution in [2.24, 2.45) is 5.92 Å². The number of anilines is 2. The molecule has 17 heavy (non-hydrogen) atoms. The lowest BCUT2D eigenvalue weighted by atomic mass is 10.1. The molecule has 5 nitrogen and oxygen atoms in total. The summed E-state index contributed by atoms with van der Waals surface area (Å²) in [5, 5.41) is 6.42. The summed E-state index contributed by atoms with van der Waals surface area (Å²) < 4.78 is 5.35. The first kappa shape index (κ1) is 12.1. The molecule has 0 spiro atoms. The molecule has 0 bridgehead atoms. The lowest BCUT2D eigenvalue weighted by molar-refractivity contribution is 0.187. The van der Waals surface area contributed by atoms with Crippen molar-refractivity contribution >= 4 is 11.6 Å². The van der Waals surface area contributed by atoms with Crippen molar-refractivity contribution in [1.29, 1.82) is 0 Å². The first-order valence-electron chi connectivity index (χ1n) is 6.19. The molecule has 1 fully saturated rings. The Balaban J connectivity index is 1.98. The molecule has 0 aliphatic carbocycles. The molecule has 1 aromatic rings. The standard InChI is InChI=1S/C12H20N4O/c1-3-10-15-11(13-2)6-12(16-10)14-7-9-4-5-17-8-9/h6,9H,3-5,7-8H2,1-2H3,(H2,13,14,15,16). The van der Waals surface area contributed by atoms with Crippen LogP contribution in [0.2, 0.25) is 0 Å². The Labute approximate surface area is 102 Å². The second kappa shape index (κ2) is 5.82. The van der Waals surface area contributed by atoms with Gasteiger partial charge < -0.3 is 15.4 Å². The first-order valence-corrected chi connectivity index (χ1v) is 6.19. The van der Waals surface area contributed by atoms with Crippen LogP contribution in [-0.2, 0) is 11.2 Å². The van der Waals surface area contributed by atoms with Gasteiger partial charge in [-0.1, -0.05) is 6.92 Å². The van der Waals surface area contributed by atoms with Crippen LogP contribution in [-0.4, -0.2) is 36.8 Å². The van der Waals surface area contributed by atoms with Gasteiger partial charge in [-0.3, -0.25) is 0 Å². The van der Waals surface area contributed by atoms with Gasteiger partial charge in [0.25, 0.3) is 0 Å². The number of hydrogen-bond acceptors (Lipinski definition) is 5. The predicted octanol–water partition coefficient (Wildman–Crippen LogP) is 1.53. The van der Waals surface area contributed by atoms with Gasteiger partial charge in [0.05, 0.1) is 6.61 Å². The Morgan fingerprint density at radius 1 is 1.41 bits per heavy atom. The monoisotopic (exact) mass is 236 g/mol. The van der Waals surface area contributed by atoms with Gasteiger partial charge in [0.2, 0.25) is 0 Å². The highest BCUT2D eigenvalue weighted by molar-refractivity contribution is 5.47. The van der Waals surface area contributed by atoms with Gasteiger partial charge in [0.15, 0.2) is 0 Å². The fourth-order valence-corrected chi connectivity index (χ4v) is 1.87. The van der Waals surface area contributed by atoms with Gasteiger partial charge in [-0.25, -0.2) is 9.97 Å². The van der Waals surface area contributed by atoms with Crippen LogP contribution in [0.25, 0.3) is 0 Å². The van der Waals surface area contributed by atoms with E-state index in [9.17, 15) is 0 Å². The minimum atomic E-state index is 0.605. The molecule has 1 aliphatic heterocycles. The maximum Gasteiger partial charge on any atom is 0.132 e. The van der Waals surface area contributed by atoms with Gasteiger partial charge in [0, 0.05) is 38.6 Å². The number of hydrogen-bond donors (Lipinski definition) is 2. The van der Waals surface area contributed by atoms with E-state index in [0.29, 0.717) is 5.92 Å². The van der Waals surface area contributed by atoms with E-state index in [0.717, 1.165) is 50.1 Å². The molecule has 1 aliphatic rings. The summed E-state index contributed by atoms with van der Waals surface area (Å²) >= 11 is 0. The lowest BCUT2D eigenvalue weighted by Crippen LogP contribution is -2.15. The topological polar surface area (TPSA) is 59.1 Å². The largest absolute Gasteiger partial charge is 0.381 e. The molecule has 0 aromatic carbocycles. The van der Waals surface area contributed by atoms with Gasteiger partial charge >= 0.3 is 0 Å². The first-order chi connectivity index (χ1) is 8.31. The average molecular weight is 236 g/mol. The molecule has 1 saturated heterocycles. The molecule has 1 atom stereocenters. The Bertz CT molecular complexity index is 341. The van der Waals surface area contributed by atoms with E-state index in [-0.39, 0.29) is 0 Å². The van der Waals surface area contributed by atoms with Crippen molar-refractivity contribution < 1.29 is 4.74 Å². The normalized spacial score (nSPS) is 19.3. The number of ether oxygens (including phenoxy) is 1. The summed E-state index contributed by atoms with van der Waals surface area (Å²) in [6, 6.07) is 1.94. The highest BCUT2D eigenvalue weighted by Gasteiger charge is 2.15. The molecule has 94 valence electrons. The molecule has 2 heterocycles. The second-order valence-corrected chi connectivity index (χ2v) is 4.27. The van der Waals surface area contributed by atoms with Gasteiger partial charge in [-0.15, -0.1) is 0 Å². The fraction of sp³-hybridized carbons (Fsp3) is 0.667. The third-order valence-electron chi connectivity index (χ3n) is 2.94. The minimum Gasteiger partial charge on any atom is -0.381 e. The van der Waals surface area contributed by atoms with Crippen LogP contribution in [0.15, 0.2) is 6.07 Å². The summed E-state index contributed by atoms with van der Waals surface area (Å²) in [7, 11) is 1.87. The van der Waals surface area contributed by atoms with E-state index >= 15 is 0 Å². The summed E-state index contributed by atoms with van der Waals surface area (Å²) in [6.07, 6.45) is 1.98. The molecule has 0 saturated carbocycles. The van der Waals surface area contributed by atoms with Crippen molar-refractivity contribution in [3.63, 3.8) is 0 Å². The Hall–Kier alpha value is -1.36. The van der Waals surface area contributed by atoms with Crippen LogP contribution in [0, 0.1) is 5.92 Å². The van der Waals surface area contributed by atoms with Crippen LogP contribution in [0.5, 0.6) is 0 Å². The fourth-order valence-electron chi connectivity index (χ4n) is 1.87. The Morgan fingerprint density at radius 2 is 2.24 bits per heavy atom. The van der Waals surface area contributed by atoms with Crippen molar-refractivity contribution in [2.75, 3.05) is 37.4 Å². The van der Waals surface area contributed by atoms with Crippen molar-refractivity contribution in [3.05, 3.63) is 11.9 Å². The molecule has 0 amide bonds. The van der Waals surface area contributed by atoms with Crippen LogP contribution < -0.4 is 10.6 Å². The van der Waals surface area contributed by atoms with E-state index < -0.39 is 0 Å². The number of aromatic nitrogens is 2. The van der Waals surface area contributed by atoms with Crippen LogP contribution in [0.4, 0.5) is 11.6 Å². The van der Waals surface area contributed by atoms with E-state index in [2.05, 4.69) is 27.5 Å². The summed E-state index contributed by atoms with van der Waals surface area (Å²) in [4.78, 5) is 8.82. The minimum absolute atomic E-state index is 0.605. The van der Waals surface area contributed by atoms with Gasteiger partial charge in [0.1, 0.15) is 17.5 Å². The number of nitrogens with zero attached hydrogens (tertiary/aromatic N) is 2. The predicted molar refractivity (Wildman–Crippen MR) is 68.4 cm³/mol. The summed E-state index contributed by atoms with van der Waals surface area (Å²) in [5.41, 5.74) is 0. The van der Waals surface area contributed by atoms with E-state index in [1.54, 1.807) is 0 Å². The van der Waals surface area contributed by atoms with Crippen LogP contribution in [0.3, 0.4) is 0 Å². The third-order valence-corrected chi connectivity index (χ3v) is 2.94. The van der Waals surface area contributed by atoms with Crippen molar-refractivity contribution in [1.82, 2.24) is 9.97 Å². The second-order valence-electron chi connectivity index (χ2n) is 4.27. The highest BCUT2D eigenvalue weighted by Crippen LogP contribution is 2.15.